The van der Waals surface area contributed by atoms with E-state index in [4.69, 9.17) is 4.52 Å². The van der Waals surface area contributed by atoms with Crippen LogP contribution in [-0.4, -0.2) is 20.6 Å². The van der Waals surface area contributed by atoms with E-state index < -0.39 is 0 Å². The summed E-state index contributed by atoms with van der Waals surface area (Å²) in [5, 5.41) is 8.12. The van der Waals surface area contributed by atoms with E-state index in [9.17, 15) is 9.59 Å². The second kappa shape index (κ2) is 6.44. The lowest BCUT2D eigenvalue weighted by atomic mass is 10.1. The molecule has 0 atom stereocenters. The van der Waals surface area contributed by atoms with Gasteiger partial charge in [-0.1, -0.05) is 29.4 Å². The van der Waals surface area contributed by atoms with Gasteiger partial charge < -0.3 is 9.84 Å². The molecular weight excluding hydrogens is 332 g/mol. The van der Waals surface area contributed by atoms with Gasteiger partial charge >= 0.3 is 0 Å². The van der Waals surface area contributed by atoms with Crippen molar-refractivity contribution in [2.45, 2.75) is 13.0 Å². The highest BCUT2D eigenvalue weighted by Crippen LogP contribution is 2.18. The number of amides is 1. The number of hydrogen-bond acceptors (Lipinski definition) is 5. The van der Waals surface area contributed by atoms with Crippen molar-refractivity contribution in [3.63, 3.8) is 0 Å². The number of carbonyl (C=O) groups excluding carboxylic acids is 1. The average Bonchev–Trinajstić information content (AvgIpc) is 3.06. The Morgan fingerprint density at radius 3 is 2.69 bits per heavy atom. The van der Waals surface area contributed by atoms with Gasteiger partial charge in [-0.25, -0.2) is 4.98 Å². The summed E-state index contributed by atoms with van der Waals surface area (Å²) in [5.41, 5.74) is 1.71. The molecule has 0 saturated carbocycles. The topological polar surface area (TPSA) is 90.0 Å². The molecule has 26 heavy (non-hydrogen) atoms. The molecule has 0 unspecified atom stereocenters. The number of rotatable bonds is 4. The zero-order chi connectivity index (χ0) is 18.1. The molecule has 7 nitrogen and oxygen atoms in total. The molecule has 7 heteroatoms. The van der Waals surface area contributed by atoms with Gasteiger partial charge in [0.05, 0.1) is 23.9 Å². The first kappa shape index (κ1) is 16.0. The molecule has 130 valence electrons. The number of para-hydroxylation sites is 2. The molecule has 0 bridgehead atoms. The zero-order valence-electron chi connectivity index (χ0n) is 14.1. The quantitative estimate of drug-likeness (QED) is 0.609. The fraction of sp³-hybridized carbons (Fsp3) is 0.158. The summed E-state index contributed by atoms with van der Waals surface area (Å²) in [5.74, 6) is 0.276. The smallest absolute Gasteiger partial charge is 0.261 e. The lowest BCUT2D eigenvalue weighted by Gasteiger charge is -2.10. The van der Waals surface area contributed by atoms with E-state index >= 15 is 0 Å². The van der Waals surface area contributed by atoms with E-state index in [1.807, 2.05) is 24.3 Å². The van der Waals surface area contributed by atoms with Crippen LogP contribution >= 0.6 is 0 Å². The number of carbonyl (C=O) groups is 1. The van der Waals surface area contributed by atoms with Gasteiger partial charge in [-0.3, -0.25) is 14.2 Å². The maximum absolute atomic E-state index is 12.4. The molecule has 0 aliphatic carbocycles. The Hall–Kier alpha value is -3.48. The Labute approximate surface area is 148 Å². The summed E-state index contributed by atoms with van der Waals surface area (Å²) in [4.78, 5) is 29.1. The van der Waals surface area contributed by atoms with Gasteiger partial charge in [0.25, 0.3) is 5.56 Å². The molecule has 2 aromatic carbocycles. The van der Waals surface area contributed by atoms with E-state index in [1.54, 1.807) is 31.3 Å². The van der Waals surface area contributed by atoms with Gasteiger partial charge in [0, 0.05) is 12.4 Å². The Bertz CT molecular complexity index is 1180. The lowest BCUT2D eigenvalue weighted by Crippen LogP contribution is -2.30. The largest absolute Gasteiger partial charge is 0.356 e. The number of fused-ring (bicyclic) bond motifs is 2. The normalized spacial score (nSPS) is 11.1. The number of hydrogen-bond donors (Lipinski definition) is 1. The van der Waals surface area contributed by atoms with E-state index in [0.717, 1.165) is 5.39 Å². The highest BCUT2D eigenvalue weighted by atomic mass is 16.5. The molecule has 0 fully saturated rings. The van der Waals surface area contributed by atoms with E-state index in [1.165, 1.54) is 4.57 Å². The van der Waals surface area contributed by atoms with Crippen LogP contribution in [0.3, 0.4) is 0 Å². The molecule has 1 amide bonds. The van der Waals surface area contributed by atoms with E-state index in [-0.39, 0.29) is 24.4 Å². The maximum Gasteiger partial charge on any atom is 0.261 e. The summed E-state index contributed by atoms with van der Waals surface area (Å²) < 4.78 is 6.66. The first-order chi connectivity index (χ1) is 12.6. The van der Waals surface area contributed by atoms with Crippen molar-refractivity contribution in [2.75, 3.05) is 0 Å². The van der Waals surface area contributed by atoms with Crippen LogP contribution in [0.4, 0.5) is 0 Å². The van der Waals surface area contributed by atoms with Gasteiger partial charge in [0.2, 0.25) is 5.91 Å². The van der Waals surface area contributed by atoms with Gasteiger partial charge in [-0.2, -0.15) is 0 Å². The highest BCUT2D eigenvalue weighted by Gasteiger charge is 2.13. The zero-order valence-corrected chi connectivity index (χ0v) is 14.1. The fourth-order valence-electron chi connectivity index (χ4n) is 2.88. The minimum atomic E-state index is -0.216. The predicted octanol–water partition coefficient (Wildman–Crippen LogP) is 1.93. The maximum atomic E-state index is 12.4. The molecule has 4 aromatic rings. The van der Waals surface area contributed by atoms with E-state index in [0.29, 0.717) is 28.0 Å². The van der Waals surface area contributed by atoms with Crippen LogP contribution < -0.4 is 10.9 Å². The van der Waals surface area contributed by atoms with E-state index in [2.05, 4.69) is 15.5 Å². The van der Waals surface area contributed by atoms with Gasteiger partial charge in [0.15, 0.2) is 5.58 Å². The summed E-state index contributed by atoms with van der Waals surface area (Å²) >= 11 is 0. The highest BCUT2D eigenvalue weighted by molar-refractivity contribution is 5.86. The molecule has 2 heterocycles. The van der Waals surface area contributed by atoms with Crippen LogP contribution in [0.5, 0.6) is 0 Å². The standard InChI is InChI=1S/C19H16N4O3/c1-23-17(21-14-8-4-2-7-13(14)19(23)25)11-20-18(24)10-15-12-6-3-5-9-16(12)26-22-15/h2-9H,10-11H2,1H3,(H,20,24). The van der Waals surface area contributed by atoms with Crippen molar-refractivity contribution >= 4 is 27.8 Å². The molecule has 2 aromatic heterocycles. The van der Waals surface area contributed by atoms with Crippen molar-refractivity contribution in [1.82, 2.24) is 20.0 Å². The number of nitrogens with one attached hydrogen (secondary N) is 1. The minimum Gasteiger partial charge on any atom is -0.356 e. The molecule has 1 N–H and O–H groups in total. The molecule has 0 aliphatic rings. The molecule has 4 rings (SSSR count). The summed E-state index contributed by atoms with van der Waals surface area (Å²) in [6.07, 6.45) is 0.0958. The number of aromatic nitrogens is 3. The Balaban J connectivity index is 1.52. The van der Waals surface area contributed by atoms with Crippen LogP contribution in [0.25, 0.3) is 21.9 Å². The van der Waals surface area contributed by atoms with Gasteiger partial charge in [0.1, 0.15) is 11.5 Å². The summed E-state index contributed by atoms with van der Waals surface area (Å²) in [6.45, 7) is 0.158. The van der Waals surface area contributed by atoms with Crippen LogP contribution in [0.1, 0.15) is 11.5 Å². The fourth-order valence-corrected chi connectivity index (χ4v) is 2.88. The van der Waals surface area contributed by atoms with Crippen molar-refractivity contribution in [3.05, 3.63) is 70.4 Å². The Kier molecular flexibility index (Phi) is 3.96. The average molecular weight is 348 g/mol. The van der Waals surface area contributed by atoms with Crippen molar-refractivity contribution < 1.29 is 9.32 Å². The number of benzene rings is 2. The monoisotopic (exact) mass is 348 g/mol. The van der Waals surface area contributed by atoms with Crippen molar-refractivity contribution in [3.8, 4) is 0 Å². The Morgan fingerprint density at radius 1 is 1.12 bits per heavy atom. The first-order valence-electron chi connectivity index (χ1n) is 8.18. The third-order valence-corrected chi connectivity index (χ3v) is 4.30. The van der Waals surface area contributed by atoms with Crippen molar-refractivity contribution in [2.24, 2.45) is 7.05 Å². The predicted molar refractivity (Wildman–Crippen MR) is 96.5 cm³/mol. The second-order valence-corrected chi connectivity index (χ2v) is 5.99. The van der Waals surface area contributed by atoms with Crippen LogP contribution in [0.15, 0.2) is 57.8 Å². The first-order valence-corrected chi connectivity index (χ1v) is 8.18. The third kappa shape index (κ3) is 2.83. The summed E-state index contributed by atoms with van der Waals surface area (Å²) in [7, 11) is 1.65. The molecule has 0 spiro atoms. The lowest BCUT2D eigenvalue weighted by molar-refractivity contribution is -0.120. The third-order valence-electron chi connectivity index (χ3n) is 4.30. The van der Waals surface area contributed by atoms with Crippen LogP contribution in [0.2, 0.25) is 0 Å². The molecule has 0 saturated heterocycles. The molecule has 0 aliphatic heterocycles. The Morgan fingerprint density at radius 2 is 1.85 bits per heavy atom. The minimum absolute atomic E-state index is 0.0958. The van der Waals surface area contributed by atoms with Gasteiger partial charge in [-0.05, 0) is 24.3 Å². The van der Waals surface area contributed by atoms with Gasteiger partial charge in [-0.15, -0.1) is 0 Å². The summed E-state index contributed by atoms with van der Waals surface area (Å²) in [6, 6.07) is 14.5. The SMILES string of the molecule is Cn1c(CNC(=O)Cc2noc3ccccc23)nc2ccccc2c1=O. The van der Waals surface area contributed by atoms with Crippen LogP contribution in [-0.2, 0) is 24.8 Å². The van der Waals surface area contributed by atoms with Crippen LogP contribution in [0, 0.1) is 0 Å². The second-order valence-electron chi connectivity index (χ2n) is 5.99. The molecular formula is C19H16N4O3. The molecule has 0 radical (unpaired) electrons. The number of nitrogens with zero attached hydrogens (tertiary/aromatic N) is 3. The van der Waals surface area contributed by atoms with Crippen molar-refractivity contribution in [1.29, 1.82) is 0 Å².